The van der Waals surface area contributed by atoms with Gasteiger partial charge >= 0.3 is 5.97 Å². The number of nitrogens with zero attached hydrogens (tertiary/aromatic N) is 1. The number of benzene rings is 3. The van der Waals surface area contributed by atoms with E-state index in [9.17, 15) is 9.59 Å². The molecule has 37 heavy (non-hydrogen) atoms. The van der Waals surface area contributed by atoms with Gasteiger partial charge in [-0.25, -0.2) is 9.78 Å². The zero-order valence-corrected chi connectivity index (χ0v) is 21.4. The molecule has 0 aliphatic carbocycles. The molecule has 3 aromatic carbocycles. The third-order valence-electron chi connectivity index (χ3n) is 6.01. The quantitative estimate of drug-likeness (QED) is 0.261. The second-order valence-electron chi connectivity index (χ2n) is 10.1. The molecule has 0 aliphatic rings. The minimum Gasteiger partial charge on any atom is -0.456 e. The second kappa shape index (κ2) is 9.24. The Bertz CT molecular complexity index is 1690. The highest BCUT2D eigenvalue weighted by Crippen LogP contribution is 2.33. The van der Waals surface area contributed by atoms with Crippen molar-refractivity contribution in [2.45, 2.75) is 46.3 Å². The van der Waals surface area contributed by atoms with E-state index in [1.165, 1.54) is 12.5 Å². The maximum atomic E-state index is 13.2. The second-order valence-corrected chi connectivity index (χ2v) is 10.1. The zero-order valence-electron chi connectivity index (χ0n) is 21.4. The highest BCUT2D eigenvalue weighted by Gasteiger charge is 2.22. The number of esters is 1. The molecule has 0 saturated carbocycles. The summed E-state index contributed by atoms with van der Waals surface area (Å²) in [7, 11) is 0. The molecule has 0 spiro atoms. The first kappa shape index (κ1) is 24.3. The van der Waals surface area contributed by atoms with Gasteiger partial charge in [-0.15, -0.1) is 0 Å². The Morgan fingerprint density at radius 3 is 2.62 bits per heavy atom. The molecule has 1 N–H and O–H groups in total. The van der Waals surface area contributed by atoms with E-state index >= 15 is 0 Å². The molecule has 1 atom stereocenters. The van der Waals surface area contributed by atoms with Gasteiger partial charge in [0, 0.05) is 22.9 Å². The summed E-state index contributed by atoms with van der Waals surface area (Å²) in [5.74, 6) is -0.00474. The Hall–Kier alpha value is -4.39. The minimum atomic E-state index is -0.616. The predicted octanol–water partition coefficient (Wildman–Crippen LogP) is 7.04. The van der Waals surface area contributed by atoms with Gasteiger partial charge in [0.15, 0.2) is 17.4 Å². The molecule has 1 unspecified atom stereocenters. The van der Waals surface area contributed by atoms with Crippen LogP contribution in [0, 0.1) is 6.92 Å². The van der Waals surface area contributed by atoms with Crippen LogP contribution in [0.4, 0.5) is 5.69 Å². The topological polar surface area (TPSA) is 94.6 Å². The average molecular weight is 497 g/mol. The van der Waals surface area contributed by atoms with Gasteiger partial charge in [-0.05, 0) is 70.5 Å². The molecular formula is C30H28N2O5. The molecule has 7 nitrogen and oxygen atoms in total. The maximum Gasteiger partial charge on any atom is 0.340 e. The van der Waals surface area contributed by atoms with Crippen LogP contribution in [0.15, 0.2) is 80.7 Å². The van der Waals surface area contributed by atoms with Gasteiger partial charge in [0.25, 0.3) is 0 Å². The minimum absolute atomic E-state index is 0.150. The Kier molecular flexibility index (Phi) is 6.07. The Morgan fingerprint density at radius 2 is 1.84 bits per heavy atom. The van der Waals surface area contributed by atoms with Crippen molar-refractivity contribution in [1.82, 2.24) is 4.98 Å². The third-order valence-corrected chi connectivity index (χ3v) is 6.01. The number of carbonyl (C=O) groups is 1. The van der Waals surface area contributed by atoms with Crippen molar-refractivity contribution < 1.29 is 18.4 Å². The molecule has 7 heteroatoms. The van der Waals surface area contributed by atoms with Crippen molar-refractivity contribution in [2.75, 3.05) is 5.32 Å². The van der Waals surface area contributed by atoms with Gasteiger partial charge in [-0.1, -0.05) is 24.3 Å². The molecule has 5 aromatic rings. The van der Waals surface area contributed by atoms with E-state index < -0.39 is 11.6 Å². The number of anilines is 1. The number of aryl methyl sites for hydroxylation is 1. The van der Waals surface area contributed by atoms with Crippen LogP contribution in [-0.2, 0) is 4.74 Å². The van der Waals surface area contributed by atoms with E-state index in [1.807, 2.05) is 77.1 Å². The smallest absolute Gasteiger partial charge is 0.340 e. The summed E-state index contributed by atoms with van der Waals surface area (Å²) in [6, 6.07) is 17.7. The van der Waals surface area contributed by atoms with Gasteiger partial charge in [-0.3, -0.25) is 4.79 Å². The van der Waals surface area contributed by atoms with Gasteiger partial charge in [0.05, 0.1) is 17.0 Å². The van der Waals surface area contributed by atoms with Crippen LogP contribution in [0.25, 0.3) is 33.4 Å². The van der Waals surface area contributed by atoms with Gasteiger partial charge in [-0.2, -0.15) is 0 Å². The summed E-state index contributed by atoms with van der Waals surface area (Å²) in [5, 5.41) is 3.91. The fourth-order valence-corrected chi connectivity index (χ4v) is 4.41. The standard InChI is InChI=1S/C30H28N2O5/c1-17-13-21(18(2)32-23-11-7-6-9-19(23)29(34)37-30(3,4)5)28-22(14-17)24(33)15-26(36-28)20-10-8-12-25-27(20)31-16-35-25/h6-16,18,32H,1-5H3. The van der Waals surface area contributed by atoms with Crippen molar-refractivity contribution in [3.05, 3.63) is 94.0 Å². The summed E-state index contributed by atoms with van der Waals surface area (Å²) >= 11 is 0. The monoisotopic (exact) mass is 496 g/mol. The molecule has 0 saturated heterocycles. The summed E-state index contributed by atoms with van der Waals surface area (Å²) in [4.78, 5) is 30.4. The molecule has 0 fully saturated rings. The fourth-order valence-electron chi connectivity index (χ4n) is 4.41. The normalized spacial score (nSPS) is 12.6. The number of hydrogen-bond acceptors (Lipinski definition) is 7. The molecule has 5 rings (SSSR count). The first-order valence-corrected chi connectivity index (χ1v) is 12.1. The maximum absolute atomic E-state index is 13.2. The average Bonchev–Trinajstić information content (AvgIpc) is 3.32. The van der Waals surface area contributed by atoms with Crippen LogP contribution in [0.1, 0.15) is 55.2 Å². The number of para-hydroxylation sites is 2. The lowest BCUT2D eigenvalue weighted by atomic mass is 10.00. The molecular weight excluding hydrogens is 468 g/mol. The fraction of sp³-hybridized carbons (Fsp3) is 0.233. The highest BCUT2D eigenvalue weighted by atomic mass is 16.6. The van der Waals surface area contributed by atoms with Gasteiger partial charge in [0.2, 0.25) is 0 Å². The summed E-state index contributed by atoms with van der Waals surface area (Å²) in [6.07, 6.45) is 1.37. The van der Waals surface area contributed by atoms with Crippen LogP contribution in [0.2, 0.25) is 0 Å². The van der Waals surface area contributed by atoms with E-state index in [1.54, 1.807) is 12.1 Å². The van der Waals surface area contributed by atoms with Crippen LogP contribution < -0.4 is 10.7 Å². The van der Waals surface area contributed by atoms with Crippen molar-refractivity contribution in [3.8, 4) is 11.3 Å². The molecule has 0 amide bonds. The number of fused-ring (bicyclic) bond motifs is 2. The number of nitrogens with one attached hydrogen (secondary N) is 1. The lowest BCUT2D eigenvalue weighted by Crippen LogP contribution is -2.24. The SMILES string of the molecule is Cc1cc(C(C)Nc2ccccc2C(=O)OC(C)(C)C)c2oc(-c3cccc4ocnc34)cc(=O)c2c1. The van der Waals surface area contributed by atoms with Crippen molar-refractivity contribution in [3.63, 3.8) is 0 Å². The molecule has 2 aromatic heterocycles. The highest BCUT2D eigenvalue weighted by molar-refractivity contribution is 5.96. The molecule has 0 bridgehead atoms. The van der Waals surface area contributed by atoms with E-state index in [0.717, 1.165) is 11.1 Å². The zero-order chi connectivity index (χ0) is 26.3. The van der Waals surface area contributed by atoms with Crippen LogP contribution >= 0.6 is 0 Å². The first-order valence-electron chi connectivity index (χ1n) is 12.1. The number of hydrogen-bond donors (Lipinski definition) is 1. The lowest BCUT2D eigenvalue weighted by molar-refractivity contribution is 0.00706. The van der Waals surface area contributed by atoms with E-state index in [-0.39, 0.29) is 11.5 Å². The molecule has 188 valence electrons. The number of rotatable bonds is 5. The predicted molar refractivity (Wildman–Crippen MR) is 144 cm³/mol. The first-order chi connectivity index (χ1) is 17.6. The number of aromatic nitrogens is 1. The Labute approximate surface area is 214 Å². The van der Waals surface area contributed by atoms with Crippen LogP contribution in [0.5, 0.6) is 0 Å². The van der Waals surface area contributed by atoms with Crippen molar-refractivity contribution in [2.24, 2.45) is 0 Å². The molecule has 0 radical (unpaired) electrons. The van der Waals surface area contributed by atoms with Crippen LogP contribution in [-0.4, -0.2) is 16.6 Å². The lowest BCUT2D eigenvalue weighted by Gasteiger charge is -2.22. The largest absolute Gasteiger partial charge is 0.456 e. The molecule has 0 aliphatic heterocycles. The van der Waals surface area contributed by atoms with E-state index in [4.69, 9.17) is 13.6 Å². The van der Waals surface area contributed by atoms with Gasteiger partial charge in [0.1, 0.15) is 22.5 Å². The Balaban J connectivity index is 1.59. The van der Waals surface area contributed by atoms with Gasteiger partial charge < -0.3 is 18.9 Å². The Morgan fingerprint density at radius 1 is 1.05 bits per heavy atom. The number of oxazole rings is 1. The van der Waals surface area contributed by atoms with E-state index in [2.05, 4.69) is 10.3 Å². The summed E-state index contributed by atoms with van der Waals surface area (Å²) in [5.41, 5.74) is 4.39. The van der Waals surface area contributed by atoms with Crippen LogP contribution in [0.3, 0.4) is 0 Å². The van der Waals surface area contributed by atoms with Crippen molar-refractivity contribution >= 4 is 33.7 Å². The summed E-state index contributed by atoms with van der Waals surface area (Å²) < 4.78 is 17.4. The third kappa shape index (κ3) is 4.85. The molecule has 2 heterocycles. The van der Waals surface area contributed by atoms with E-state index in [0.29, 0.717) is 44.6 Å². The number of carbonyl (C=O) groups excluding carboxylic acids is 1. The number of ether oxygens (including phenoxy) is 1. The summed E-state index contributed by atoms with van der Waals surface area (Å²) in [6.45, 7) is 9.41. The van der Waals surface area contributed by atoms with Crippen molar-refractivity contribution in [1.29, 1.82) is 0 Å².